The van der Waals surface area contributed by atoms with Crippen molar-refractivity contribution in [1.29, 1.82) is 0 Å². The van der Waals surface area contributed by atoms with Crippen LogP contribution in [0.25, 0.3) is 0 Å². The molecular weight excluding hydrogens is 276 g/mol. The minimum atomic E-state index is -3.53. The number of sulfonamides is 1. The van der Waals surface area contributed by atoms with Gasteiger partial charge in [-0.3, -0.25) is 4.79 Å². The van der Waals surface area contributed by atoms with Gasteiger partial charge in [0.05, 0.1) is 4.90 Å². The third-order valence-electron chi connectivity index (χ3n) is 2.61. The molecule has 1 aromatic rings. The number of hydrogen-bond acceptors (Lipinski definition) is 3. The molecule has 110 valence electrons. The van der Waals surface area contributed by atoms with Crippen molar-refractivity contribution < 1.29 is 13.2 Å². The zero-order chi connectivity index (χ0) is 15.2. The Kier molecular flexibility index (Phi) is 5.91. The molecule has 5 nitrogen and oxygen atoms in total. The molecule has 0 radical (unpaired) electrons. The van der Waals surface area contributed by atoms with Crippen molar-refractivity contribution in [2.24, 2.45) is 0 Å². The van der Waals surface area contributed by atoms with E-state index in [0.29, 0.717) is 17.8 Å². The lowest BCUT2D eigenvalue weighted by molar-refractivity contribution is -0.112. The Morgan fingerprint density at radius 1 is 1.35 bits per heavy atom. The number of anilines is 1. The van der Waals surface area contributed by atoms with Gasteiger partial charge < -0.3 is 5.32 Å². The van der Waals surface area contributed by atoms with Gasteiger partial charge in [0.1, 0.15) is 0 Å². The largest absolute Gasteiger partial charge is 0.322 e. The van der Waals surface area contributed by atoms with E-state index in [4.69, 9.17) is 0 Å². The second-order valence-electron chi connectivity index (χ2n) is 4.51. The van der Waals surface area contributed by atoms with Crippen LogP contribution >= 0.6 is 0 Å². The Labute approximate surface area is 120 Å². The van der Waals surface area contributed by atoms with Crippen LogP contribution in [0.3, 0.4) is 0 Å². The maximum absolute atomic E-state index is 12.0. The van der Waals surface area contributed by atoms with Crippen molar-refractivity contribution in [3.8, 4) is 0 Å². The number of rotatable bonds is 7. The molecule has 0 saturated heterocycles. The lowest BCUT2D eigenvalue weighted by Crippen LogP contribution is -2.24. The van der Waals surface area contributed by atoms with E-state index in [9.17, 15) is 13.2 Å². The number of carbonyl (C=O) groups is 1. The Morgan fingerprint density at radius 2 is 2.05 bits per heavy atom. The lowest BCUT2D eigenvalue weighted by Gasteiger charge is -2.09. The Bertz CT molecular complexity index is 594. The first-order valence-electron chi connectivity index (χ1n) is 6.43. The van der Waals surface area contributed by atoms with Crippen LogP contribution in [0, 0.1) is 0 Å². The lowest BCUT2D eigenvalue weighted by atomic mass is 10.3. The normalized spacial score (nSPS) is 11.1. The molecule has 1 rings (SSSR count). The van der Waals surface area contributed by atoms with E-state index in [1.165, 1.54) is 12.1 Å². The van der Waals surface area contributed by atoms with E-state index >= 15 is 0 Å². The highest BCUT2D eigenvalue weighted by Gasteiger charge is 2.14. The second-order valence-corrected chi connectivity index (χ2v) is 6.28. The van der Waals surface area contributed by atoms with Gasteiger partial charge in [0.2, 0.25) is 10.0 Å². The number of benzene rings is 1. The first kappa shape index (κ1) is 16.4. The zero-order valence-electron chi connectivity index (χ0n) is 11.8. The third-order valence-corrected chi connectivity index (χ3v) is 4.07. The summed E-state index contributed by atoms with van der Waals surface area (Å²) in [5.41, 5.74) is 0.788. The summed E-state index contributed by atoms with van der Waals surface area (Å²) in [6, 6.07) is 6.13. The SMILES string of the molecule is C=C(C)C(=O)Nc1cccc(S(=O)(=O)NCCCC)c1. The maximum atomic E-state index is 12.0. The summed E-state index contributed by atoms with van der Waals surface area (Å²) in [6.45, 7) is 7.51. The third kappa shape index (κ3) is 4.79. The fourth-order valence-corrected chi connectivity index (χ4v) is 2.57. The van der Waals surface area contributed by atoms with Gasteiger partial charge in [-0.05, 0) is 31.5 Å². The number of nitrogens with one attached hydrogen (secondary N) is 2. The second kappa shape index (κ2) is 7.21. The predicted molar refractivity (Wildman–Crippen MR) is 80.0 cm³/mol. The zero-order valence-corrected chi connectivity index (χ0v) is 12.6. The quantitative estimate of drug-likeness (QED) is 0.599. The van der Waals surface area contributed by atoms with Crippen molar-refractivity contribution in [2.45, 2.75) is 31.6 Å². The maximum Gasteiger partial charge on any atom is 0.250 e. The van der Waals surface area contributed by atoms with Crippen molar-refractivity contribution in [2.75, 3.05) is 11.9 Å². The highest BCUT2D eigenvalue weighted by molar-refractivity contribution is 7.89. The predicted octanol–water partition coefficient (Wildman–Crippen LogP) is 2.28. The van der Waals surface area contributed by atoms with Gasteiger partial charge in [-0.2, -0.15) is 0 Å². The topological polar surface area (TPSA) is 75.3 Å². The summed E-state index contributed by atoms with van der Waals surface area (Å²) >= 11 is 0. The molecule has 2 N–H and O–H groups in total. The fraction of sp³-hybridized carbons (Fsp3) is 0.357. The Hall–Kier alpha value is -1.66. The van der Waals surface area contributed by atoms with Crippen LogP contribution in [0.1, 0.15) is 26.7 Å². The fourth-order valence-electron chi connectivity index (χ4n) is 1.45. The molecule has 0 bridgehead atoms. The average molecular weight is 296 g/mol. The minimum absolute atomic E-state index is 0.133. The van der Waals surface area contributed by atoms with Crippen LogP contribution in [0.2, 0.25) is 0 Å². The molecule has 20 heavy (non-hydrogen) atoms. The molecular formula is C14H20N2O3S. The average Bonchev–Trinajstić information content (AvgIpc) is 2.39. The van der Waals surface area contributed by atoms with Crippen LogP contribution < -0.4 is 10.0 Å². The number of carbonyl (C=O) groups excluding carboxylic acids is 1. The molecule has 0 aliphatic rings. The van der Waals surface area contributed by atoms with Gasteiger partial charge in [0.15, 0.2) is 0 Å². The number of unbranched alkanes of at least 4 members (excludes halogenated alkanes) is 1. The van der Waals surface area contributed by atoms with Gasteiger partial charge in [-0.1, -0.05) is 26.0 Å². The molecule has 1 aromatic carbocycles. The summed E-state index contributed by atoms with van der Waals surface area (Å²) < 4.78 is 26.6. The van der Waals surface area contributed by atoms with E-state index in [1.807, 2.05) is 6.92 Å². The molecule has 6 heteroatoms. The van der Waals surface area contributed by atoms with Crippen molar-refractivity contribution in [3.63, 3.8) is 0 Å². The van der Waals surface area contributed by atoms with Crippen molar-refractivity contribution >= 4 is 21.6 Å². The van der Waals surface area contributed by atoms with E-state index in [2.05, 4.69) is 16.6 Å². The van der Waals surface area contributed by atoms with Gasteiger partial charge in [-0.15, -0.1) is 0 Å². The van der Waals surface area contributed by atoms with Crippen LogP contribution in [0.15, 0.2) is 41.3 Å². The highest BCUT2D eigenvalue weighted by atomic mass is 32.2. The monoisotopic (exact) mass is 296 g/mol. The first-order chi connectivity index (χ1) is 9.36. The molecule has 0 saturated carbocycles. The van der Waals surface area contributed by atoms with Crippen molar-refractivity contribution in [1.82, 2.24) is 4.72 Å². The van der Waals surface area contributed by atoms with Gasteiger partial charge in [0, 0.05) is 17.8 Å². The molecule has 1 amide bonds. The molecule has 0 aromatic heterocycles. The Balaban J connectivity index is 2.87. The summed E-state index contributed by atoms with van der Waals surface area (Å²) in [4.78, 5) is 11.6. The smallest absolute Gasteiger partial charge is 0.250 e. The van der Waals surface area contributed by atoms with Crippen LogP contribution in [-0.2, 0) is 14.8 Å². The summed E-state index contributed by atoms with van der Waals surface area (Å²) in [5, 5.41) is 2.59. The standard InChI is InChI=1S/C14H20N2O3S/c1-4-5-9-15-20(18,19)13-8-6-7-12(10-13)16-14(17)11(2)3/h6-8,10,15H,2,4-5,9H2,1,3H3,(H,16,17). The van der Waals surface area contributed by atoms with E-state index in [-0.39, 0.29) is 10.8 Å². The molecule has 0 aliphatic heterocycles. The van der Waals surface area contributed by atoms with E-state index in [0.717, 1.165) is 12.8 Å². The van der Waals surface area contributed by atoms with Gasteiger partial charge in [-0.25, -0.2) is 13.1 Å². The molecule has 0 fully saturated rings. The van der Waals surface area contributed by atoms with Crippen molar-refractivity contribution in [3.05, 3.63) is 36.4 Å². The first-order valence-corrected chi connectivity index (χ1v) is 7.91. The molecule has 0 unspecified atom stereocenters. The van der Waals surface area contributed by atoms with Crippen LogP contribution in [0.4, 0.5) is 5.69 Å². The van der Waals surface area contributed by atoms with Gasteiger partial charge in [0.25, 0.3) is 5.91 Å². The summed E-state index contributed by atoms with van der Waals surface area (Å²) in [7, 11) is -3.53. The number of amides is 1. The van der Waals surface area contributed by atoms with E-state index in [1.54, 1.807) is 19.1 Å². The molecule has 0 spiro atoms. The summed E-state index contributed by atoms with van der Waals surface area (Å²) in [5.74, 6) is -0.335. The van der Waals surface area contributed by atoms with Gasteiger partial charge >= 0.3 is 0 Å². The van der Waals surface area contributed by atoms with Crippen LogP contribution in [0.5, 0.6) is 0 Å². The molecule has 0 atom stereocenters. The molecule has 0 aliphatic carbocycles. The number of hydrogen-bond donors (Lipinski definition) is 2. The minimum Gasteiger partial charge on any atom is -0.322 e. The summed E-state index contributed by atoms with van der Waals surface area (Å²) in [6.07, 6.45) is 1.70. The van der Waals surface area contributed by atoms with E-state index < -0.39 is 10.0 Å². The van der Waals surface area contributed by atoms with Crippen LogP contribution in [-0.4, -0.2) is 20.9 Å². The Morgan fingerprint density at radius 3 is 2.65 bits per heavy atom. The molecule has 0 heterocycles. The highest BCUT2D eigenvalue weighted by Crippen LogP contribution is 2.16.